The second kappa shape index (κ2) is 6.45. The molecule has 1 heterocycles. The van der Waals surface area contributed by atoms with Crippen LogP contribution < -0.4 is 0 Å². The quantitative estimate of drug-likeness (QED) is 0.804. The highest BCUT2D eigenvalue weighted by atomic mass is 79.9. The van der Waals surface area contributed by atoms with Crippen molar-refractivity contribution in [3.63, 3.8) is 0 Å². The highest BCUT2D eigenvalue weighted by Crippen LogP contribution is 2.26. The van der Waals surface area contributed by atoms with Gasteiger partial charge in [0.25, 0.3) is 5.91 Å². The van der Waals surface area contributed by atoms with Crippen LogP contribution in [0.2, 0.25) is 0 Å². The lowest BCUT2D eigenvalue weighted by atomic mass is 10.2. The summed E-state index contributed by atoms with van der Waals surface area (Å²) in [6, 6.07) is 15.6. The van der Waals surface area contributed by atoms with Crippen molar-refractivity contribution in [3.8, 4) is 0 Å². The van der Waals surface area contributed by atoms with Crippen molar-refractivity contribution in [2.24, 2.45) is 0 Å². The summed E-state index contributed by atoms with van der Waals surface area (Å²) >= 11 is 3.37. The molecular formula is C17H16BrNO3S. The lowest BCUT2D eigenvalue weighted by molar-refractivity contribution is 0.0792. The van der Waals surface area contributed by atoms with Crippen LogP contribution in [-0.2, 0) is 9.84 Å². The molecule has 1 atom stereocenters. The second-order valence-corrected chi connectivity index (χ2v) is 8.58. The fourth-order valence-corrected chi connectivity index (χ4v) is 4.94. The van der Waals surface area contributed by atoms with E-state index in [2.05, 4.69) is 15.9 Å². The van der Waals surface area contributed by atoms with Gasteiger partial charge < -0.3 is 4.90 Å². The first-order valence-electron chi connectivity index (χ1n) is 7.33. The maximum Gasteiger partial charge on any atom is 0.255 e. The third-order valence-electron chi connectivity index (χ3n) is 4.05. The molecule has 1 fully saturated rings. The van der Waals surface area contributed by atoms with Gasteiger partial charge >= 0.3 is 0 Å². The molecule has 1 amide bonds. The molecule has 0 aromatic heterocycles. The van der Waals surface area contributed by atoms with Gasteiger partial charge in [0, 0.05) is 17.6 Å². The van der Waals surface area contributed by atoms with Gasteiger partial charge in [0.15, 0.2) is 9.84 Å². The minimum Gasteiger partial charge on any atom is -0.337 e. The van der Waals surface area contributed by atoms with Crippen molar-refractivity contribution in [1.29, 1.82) is 0 Å². The van der Waals surface area contributed by atoms with Gasteiger partial charge in [-0.15, -0.1) is 0 Å². The minimum absolute atomic E-state index is 0.136. The molecule has 0 N–H and O–H groups in total. The van der Waals surface area contributed by atoms with Gasteiger partial charge in [-0.3, -0.25) is 4.79 Å². The van der Waals surface area contributed by atoms with Crippen LogP contribution in [0.15, 0.2) is 64.0 Å². The zero-order valence-electron chi connectivity index (χ0n) is 12.4. The van der Waals surface area contributed by atoms with Crippen LogP contribution >= 0.6 is 15.9 Å². The third-order valence-corrected chi connectivity index (χ3v) is 6.93. The second-order valence-electron chi connectivity index (χ2n) is 5.50. The summed E-state index contributed by atoms with van der Waals surface area (Å²) in [5.41, 5.74) is 0.560. The number of benzene rings is 2. The zero-order valence-corrected chi connectivity index (χ0v) is 14.8. The number of amides is 1. The molecule has 1 aliphatic rings. The number of halogens is 1. The van der Waals surface area contributed by atoms with E-state index in [9.17, 15) is 13.2 Å². The number of hydrogen-bond donors (Lipinski definition) is 0. The third kappa shape index (κ3) is 3.19. The number of rotatable bonds is 3. The average Bonchev–Trinajstić information content (AvgIpc) is 3.06. The lowest BCUT2D eigenvalue weighted by Gasteiger charge is -2.17. The van der Waals surface area contributed by atoms with Crippen LogP contribution in [0, 0.1) is 0 Å². The van der Waals surface area contributed by atoms with Gasteiger partial charge in [-0.05, 0) is 46.6 Å². The Kier molecular flexibility index (Phi) is 4.55. The molecule has 0 saturated carbocycles. The maximum atomic E-state index is 12.7. The lowest BCUT2D eigenvalue weighted by Crippen LogP contribution is -2.32. The summed E-state index contributed by atoms with van der Waals surface area (Å²) in [6.07, 6.45) is 0.466. The molecule has 0 unspecified atom stereocenters. The van der Waals surface area contributed by atoms with E-state index >= 15 is 0 Å². The Morgan fingerprint density at radius 3 is 2.39 bits per heavy atom. The Morgan fingerprint density at radius 1 is 1.04 bits per heavy atom. The van der Waals surface area contributed by atoms with Crippen molar-refractivity contribution < 1.29 is 13.2 Å². The Labute approximate surface area is 144 Å². The normalized spacial score (nSPS) is 18.1. The molecule has 1 saturated heterocycles. The van der Waals surface area contributed by atoms with E-state index in [1.54, 1.807) is 47.4 Å². The number of likely N-dealkylation sites (tertiary alicyclic amines) is 1. The van der Waals surface area contributed by atoms with Crippen LogP contribution in [0.5, 0.6) is 0 Å². The van der Waals surface area contributed by atoms with E-state index < -0.39 is 15.1 Å². The molecular weight excluding hydrogens is 378 g/mol. The Balaban J connectivity index is 1.79. The fourth-order valence-electron chi connectivity index (χ4n) is 2.77. The largest absolute Gasteiger partial charge is 0.337 e. The summed E-state index contributed by atoms with van der Waals surface area (Å²) in [5, 5.41) is -0.545. The van der Waals surface area contributed by atoms with Crippen LogP contribution in [0.25, 0.3) is 0 Å². The van der Waals surface area contributed by atoms with Gasteiger partial charge in [0.1, 0.15) is 0 Å². The average molecular weight is 394 g/mol. The van der Waals surface area contributed by atoms with Gasteiger partial charge in [-0.1, -0.05) is 30.3 Å². The summed E-state index contributed by atoms with van der Waals surface area (Å²) in [5.74, 6) is -0.136. The van der Waals surface area contributed by atoms with Gasteiger partial charge in [-0.2, -0.15) is 0 Å². The maximum absolute atomic E-state index is 12.7. The Bertz CT molecular complexity index is 821. The first kappa shape index (κ1) is 16.2. The fraction of sp³-hybridized carbons (Fsp3) is 0.235. The predicted molar refractivity (Wildman–Crippen MR) is 92.1 cm³/mol. The SMILES string of the molecule is O=C(c1ccccc1Br)N1CC[C@@H](S(=O)(=O)c2ccccc2)C1. The van der Waals surface area contributed by atoms with Crippen LogP contribution in [-0.4, -0.2) is 37.6 Å². The first-order valence-corrected chi connectivity index (χ1v) is 9.67. The predicted octanol–water partition coefficient (Wildman–Crippen LogP) is 3.14. The van der Waals surface area contributed by atoms with Gasteiger partial charge in [-0.25, -0.2) is 8.42 Å². The van der Waals surface area contributed by atoms with E-state index in [1.807, 2.05) is 12.1 Å². The van der Waals surface area contributed by atoms with E-state index in [0.717, 1.165) is 4.47 Å². The van der Waals surface area contributed by atoms with Crippen molar-refractivity contribution in [3.05, 3.63) is 64.6 Å². The van der Waals surface area contributed by atoms with Crippen molar-refractivity contribution in [2.75, 3.05) is 13.1 Å². The number of carbonyl (C=O) groups is 1. The van der Waals surface area contributed by atoms with E-state index in [0.29, 0.717) is 23.4 Å². The molecule has 1 aliphatic heterocycles. The molecule has 6 heteroatoms. The molecule has 2 aromatic carbocycles. The first-order chi connectivity index (χ1) is 11.0. The summed E-state index contributed by atoms with van der Waals surface area (Å²) < 4.78 is 26.0. The van der Waals surface area contributed by atoms with Crippen LogP contribution in [0.3, 0.4) is 0 Å². The molecule has 0 radical (unpaired) electrons. The van der Waals surface area contributed by atoms with Crippen LogP contribution in [0.4, 0.5) is 0 Å². The van der Waals surface area contributed by atoms with Crippen molar-refractivity contribution >= 4 is 31.7 Å². The molecule has 3 rings (SSSR count). The monoisotopic (exact) mass is 393 g/mol. The highest BCUT2D eigenvalue weighted by Gasteiger charge is 2.36. The zero-order chi connectivity index (χ0) is 16.4. The Hall–Kier alpha value is -1.66. The van der Waals surface area contributed by atoms with Gasteiger partial charge in [0.05, 0.1) is 15.7 Å². The van der Waals surface area contributed by atoms with E-state index in [-0.39, 0.29) is 12.5 Å². The number of carbonyl (C=O) groups excluding carboxylic acids is 1. The van der Waals surface area contributed by atoms with E-state index in [4.69, 9.17) is 0 Å². The molecule has 0 spiro atoms. The summed E-state index contributed by atoms with van der Waals surface area (Å²) in [6.45, 7) is 0.689. The van der Waals surface area contributed by atoms with Crippen LogP contribution in [0.1, 0.15) is 16.8 Å². The molecule has 0 bridgehead atoms. The van der Waals surface area contributed by atoms with Crippen molar-refractivity contribution in [1.82, 2.24) is 4.90 Å². The topological polar surface area (TPSA) is 54.5 Å². The van der Waals surface area contributed by atoms with Gasteiger partial charge in [0.2, 0.25) is 0 Å². The standard InChI is InChI=1S/C17H16BrNO3S/c18-16-9-5-4-8-15(16)17(20)19-11-10-14(12-19)23(21,22)13-6-2-1-3-7-13/h1-9,14H,10-12H2/t14-/m1/s1. The molecule has 4 nitrogen and oxygen atoms in total. The highest BCUT2D eigenvalue weighted by molar-refractivity contribution is 9.10. The Morgan fingerprint density at radius 2 is 1.70 bits per heavy atom. The molecule has 0 aliphatic carbocycles. The molecule has 2 aromatic rings. The summed E-state index contributed by atoms with van der Waals surface area (Å²) in [7, 11) is -3.40. The number of hydrogen-bond acceptors (Lipinski definition) is 3. The summed E-state index contributed by atoms with van der Waals surface area (Å²) in [4.78, 5) is 14.5. The molecule has 23 heavy (non-hydrogen) atoms. The smallest absolute Gasteiger partial charge is 0.255 e. The molecule has 120 valence electrons. The van der Waals surface area contributed by atoms with E-state index in [1.165, 1.54) is 0 Å². The van der Waals surface area contributed by atoms with Crippen molar-refractivity contribution in [2.45, 2.75) is 16.6 Å². The number of sulfone groups is 1. The number of nitrogens with zero attached hydrogens (tertiary/aromatic N) is 1. The minimum atomic E-state index is -3.40.